The highest BCUT2D eigenvalue weighted by Crippen LogP contribution is 2.40. The van der Waals surface area contributed by atoms with Gasteiger partial charge in [-0.05, 0) is 31.4 Å². The van der Waals surface area contributed by atoms with Gasteiger partial charge in [-0.25, -0.2) is 0 Å². The minimum absolute atomic E-state index is 0.167. The summed E-state index contributed by atoms with van der Waals surface area (Å²) < 4.78 is 16.2. The molecule has 0 atom stereocenters. The third kappa shape index (κ3) is 3.27. The van der Waals surface area contributed by atoms with E-state index in [1.165, 1.54) is 0 Å². The van der Waals surface area contributed by atoms with Crippen LogP contribution >= 0.6 is 0 Å². The average molecular weight is 240 g/mol. The Morgan fingerprint density at radius 3 is 2.41 bits per heavy atom. The molecule has 1 aromatic rings. The molecule has 4 nitrogen and oxygen atoms in total. The van der Waals surface area contributed by atoms with Crippen molar-refractivity contribution in [1.82, 2.24) is 0 Å². The molecule has 96 valence electrons. The van der Waals surface area contributed by atoms with Crippen molar-refractivity contribution in [2.75, 3.05) is 27.4 Å². The van der Waals surface area contributed by atoms with Crippen LogP contribution in [0.3, 0.4) is 0 Å². The van der Waals surface area contributed by atoms with Gasteiger partial charge in [0.05, 0.1) is 20.8 Å². The van der Waals surface area contributed by atoms with Crippen molar-refractivity contribution in [2.24, 2.45) is 0 Å². The molecule has 0 aliphatic carbocycles. The summed E-state index contributed by atoms with van der Waals surface area (Å²) in [7, 11) is 3.19. The number of aliphatic hydroxyl groups is 1. The van der Waals surface area contributed by atoms with E-state index in [2.05, 4.69) is 0 Å². The summed E-state index contributed by atoms with van der Waals surface area (Å²) in [6, 6.07) is 3.80. The van der Waals surface area contributed by atoms with E-state index in [0.29, 0.717) is 30.3 Å². The molecular weight excluding hydrogens is 220 g/mol. The molecule has 1 rings (SSSR count). The van der Waals surface area contributed by atoms with E-state index >= 15 is 0 Å². The van der Waals surface area contributed by atoms with Crippen molar-refractivity contribution >= 4 is 0 Å². The maximum absolute atomic E-state index is 8.88. The Morgan fingerprint density at radius 1 is 1.12 bits per heavy atom. The molecule has 0 aliphatic rings. The molecule has 1 aromatic carbocycles. The van der Waals surface area contributed by atoms with Crippen LogP contribution in [0.5, 0.6) is 17.2 Å². The molecule has 0 saturated heterocycles. The lowest BCUT2D eigenvalue weighted by Gasteiger charge is -2.16. The van der Waals surface area contributed by atoms with E-state index in [-0.39, 0.29) is 6.61 Å². The molecule has 1 N–H and O–H groups in total. The van der Waals surface area contributed by atoms with Gasteiger partial charge in [0.2, 0.25) is 5.75 Å². The Bertz CT molecular complexity index is 350. The van der Waals surface area contributed by atoms with E-state index < -0.39 is 0 Å². The third-order valence-electron chi connectivity index (χ3n) is 2.47. The van der Waals surface area contributed by atoms with Crippen LogP contribution in [-0.2, 0) is 6.42 Å². The third-order valence-corrected chi connectivity index (χ3v) is 2.47. The highest BCUT2D eigenvalue weighted by molar-refractivity contribution is 5.55. The molecule has 0 unspecified atom stereocenters. The lowest BCUT2D eigenvalue weighted by atomic mass is 10.1. The smallest absolute Gasteiger partial charge is 0.203 e. The molecule has 0 amide bonds. The number of methoxy groups -OCH3 is 2. The molecule has 0 saturated carbocycles. The van der Waals surface area contributed by atoms with Gasteiger partial charge >= 0.3 is 0 Å². The Kier molecular flexibility index (Phi) is 5.63. The van der Waals surface area contributed by atoms with Crippen LogP contribution < -0.4 is 14.2 Å². The second kappa shape index (κ2) is 7.01. The Balaban J connectivity index is 3.11. The first-order valence-corrected chi connectivity index (χ1v) is 5.76. The van der Waals surface area contributed by atoms with E-state index in [9.17, 15) is 0 Å². The fraction of sp³-hybridized carbons (Fsp3) is 0.538. The van der Waals surface area contributed by atoms with Crippen LogP contribution in [0.4, 0.5) is 0 Å². The normalized spacial score (nSPS) is 10.1. The van der Waals surface area contributed by atoms with E-state index in [0.717, 1.165) is 12.0 Å². The topological polar surface area (TPSA) is 47.9 Å². The lowest BCUT2D eigenvalue weighted by Crippen LogP contribution is -2.02. The van der Waals surface area contributed by atoms with Crippen LogP contribution in [0.25, 0.3) is 0 Å². The summed E-state index contributed by atoms with van der Waals surface area (Å²) in [6.07, 6.45) is 1.46. The minimum Gasteiger partial charge on any atom is -0.493 e. The Labute approximate surface area is 102 Å². The Morgan fingerprint density at radius 2 is 1.88 bits per heavy atom. The number of hydrogen-bond acceptors (Lipinski definition) is 4. The van der Waals surface area contributed by atoms with Crippen molar-refractivity contribution in [3.05, 3.63) is 17.7 Å². The lowest BCUT2D eigenvalue weighted by molar-refractivity contribution is 0.281. The van der Waals surface area contributed by atoms with Gasteiger partial charge in [0.25, 0.3) is 0 Å². The van der Waals surface area contributed by atoms with Gasteiger partial charge in [-0.15, -0.1) is 0 Å². The second-order valence-electron chi connectivity index (χ2n) is 3.55. The maximum Gasteiger partial charge on any atom is 0.203 e. The summed E-state index contributed by atoms with van der Waals surface area (Å²) in [5, 5.41) is 8.88. The predicted octanol–water partition coefficient (Wildman–Crippen LogP) is 2.03. The van der Waals surface area contributed by atoms with Gasteiger partial charge in [0, 0.05) is 6.61 Å². The summed E-state index contributed by atoms with van der Waals surface area (Å²) in [4.78, 5) is 0. The number of aliphatic hydroxyl groups excluding tert-OH is 1. The average Bonchev–Trinajstić information content (AvgIpc) is 2.37. The highest BCUT2D eigenvalue weighted by atomic mass is 16.5. The van der Waals surface area contributed by atoms with Crippen molar-refractivity contribution in [1.29, 1.82) is 0 Å². The Hall–Kier alpha value is -1.42. The highest BCUT2D eigenvalue weighted by Gasteiger charge is 2.15. The van der Waals surface area contributed by atoms with E-state index in [1.54, 1.807) is 14.2 Å². The zero-order valence-corrected chi connectivity index (χ0v) is 10.7. The summed E-state index contributed by atoms with van der Waals surface area (Å²) in [5.74, 6) is 1.98. The maximum atomic E-state index is 8.88. The first kappa shape index (κ1) is 13.6. The molecule has 17 heavy (non-hydrogen) atoms. The monoisotopic (exact) mass is 240 g/mol. The van der Waals surface area contributed by atoms with Crippen LogP contribution in [0, 0.1) is 0 Å². The van der Waals surface area contributed by atoms with Crippen LogP contribution in [-0.4, -0.2) is 32.5 Å². The largest absolute Gasteiger partial charge is 0.493 e. The molecule has 0 aliphatic heterocycles. The molecule has 0 radical (unpaired) electrons. The zero-order chi connectivity index (χ0) is 12.7. The summed E-state index contributed by atoms with van der Waals surface area (Å²) in [5.41, 5.74) is 1.03. The zero-order valence-electron chi connectivity index (χ0n) is 10.7. The summed E-state index contributed by atoms with van der Waals surface area (Å²) >= 11 is 0. The number of benzene rings is 1. The van der Waals surface area contributed by atoms with Crippen LogP contribution in [0.1, 0.15) is 18.9 Å². The van der Waals surface area contributed by atoms with Crippen molar-refractivity contribution in [3.8, 4) is 17.2 Å². The number of aryl methyl sites for hydroxylation is 1. The van der Waals surface area contributed by atoms with Crippen molar-refractivity contribution in [3.63, 3.8) is 0 Å². The van der Waals surface area contributed by atoms with Gasteiger partial charge in [0.15, 0.2) is 11.5 Å². The fourth-order valence-corrected chi connectivity index (χ4v) is 1.71. The van der Waals surface area contributed by atoms with Crippen LogP contribution in [0.2, 0.25) is 0 Å². The number of ether oxygens (including phenoxy) is 3. The quantitative estimate of drug-likeness (QED) is 0.792. The SMILES string of the molecule is CCOc1c(CCCO)ccc(OC)c1OC. The number of rotatable bonds is 7. The van der Waals surface area contributed by atoms with Gasteiger partial charge in [-0.2, -0.15) is 0 Å². The molecule has 0 fully saturated rings. The molecule has 0 bridgehead atoms. The van der Waals surface area contributed by atoms with Crippen LogP contribution in [0.15, 0.2) is 12.1 Å². The summed E-state index contributed by atoms with van der Waals surface area (Å²) in [6.45, 7) is 2.66. The molecule has 4 heteroatoms. The fourth-order valence-electron chi connectivity index (χ4n) is 1.71. The molecule has 0 heterocycles. The molecular formula is C13H20O4. The van der Waals surface area contributed by atoms with E-state index in [4.69, 9.17) is 19.3 Å². The number of hydrogen-bond donors (Lipinski definition) is 1. The van der Waals surface area contributed by atoms with E-state index in [1.807, 2.05) is 19.1 Å². The van der Waals surface area contributed by atoms with Crippen molar-refractivity contribution < 1.29 is 19.3 Å². The first-order chi connectivity index (χ1) is 8.28. The standard InChI is InChI=1S/C13H20O4/c1-4-17-12-10(6-5-9-14)7-8-11(15-2)13(12)16-3/h7-8,14H,4-6,9H2,1-3H3. The predicted molar refractivity (Wildman–Crippen MR) is 66.1 cm³/mol. The molecule has 0 aromatic heterocycles. The molecule has 0 spiro atoms. The van der Waals surface area contributed by atoms with Gasteiger partial charge < -0.3 is 19.3 Å². The van der Waals surface area contributed by atoms with Gasteiger partial charge in [-0.3, -0.25) is 0 Å². The first-order valence-electron chi connectivity index (χ1n) is 5.76. The van der Waals surface area contributed by atoms with Crippen molar-refractivity contribution in [2.45, 2.75) is 19.8 Å². The minimum atomic E-state index is 0.167. The van der Waals surface area contributed by atoms with Gasteiger partial charge in [-0.1, -0.05) is 6.07 Å². The second-order valence-corrected chi connectivity index (χ2v) is 3.55. The van der Waals surface area contributed by atoms with Gasteiger partial charge in [0.1, 0.15) is 0 Å².